The normalized spacial score (nSPS) is 19.8. The van der Waals surface area contributed by atoms with E-state index in [0.717, 1.165) is 24.8 Å². The standard InChI is InChI=1S/C12H21N3S2/c1-3-15(4-2)12-14-8-11(17-12)7-13-10-5-6-16-9-10/h8,10,13H,3-7,9H2,1-2H3. The van der Waals surface area contributed by atoms with Crippen LogP contribution in [0.4, 0.5) is 5.13 Å². The number of thiazole rings is 1. The predicted octanol–water partition coefficient (Wildman–Crippen LogP) is 2.58. The second kappa shape index (κ2) is 6.61. The second-order valence-electron chi connectivity index (χ2n) is 4.22. The van der Waals surface area contributed by atoms with E-state index in [2.05, 4.69) is 40.8 Å². The maximum absolute atomic E-state index is 4.50. The molecule has 1 aromatic heterocycles. The molecule has 96 valence electrons. The first-order valence-electron chi connectivity index (χ1n) is 6.34. The first-order valence-corrected chi connectivity index (χ1v) is 8.31. The highest BCUT2D eigenvalue weighted by Gasteiger charge is 2.15. The third kappa shape index (κ3) is 3.60. The van der Waals surface area contributed by atoms with Crippen molar-refractivity contribution < 1.29 is 0 Å². The zero-order chi connectivity index (χ0) is 12.1. The van der Waals surface area contributed by atoms with Crippen LogP contribution in [0.2, 0.25) is 0 Å². The summed E-state index contributed by atoms with van der Waals surface area (Å²) in [6.45, 7) is 7.41. The van der Waals surface area contributed by atoms with Crippen LogP contribution in [0.5, 0.6) is 0 Å². The third-order valence-electron chi connectivity index (χ3n) is 3.07. The quantitative estimate of drug-likeness (QED) is 0.861. The van der Waals surface area contributed by atoms with E-state index in [1.54, 1.807) is 0 Å². The molecule has 17 heavy (non-hydrogen) atoms. The van der Waals surface area contributed by atoms with Gasteiger partial charge in [0.1, 0.15) is 0 Å². The fraction of sp³-hybridized carbons (Fsp3) is 0.750. The number of anilines is 1. The average Bonchev–Trinajstić information content (AvgIpc) is 2.99. The van der Waals surface area contributed by atoms with Crippen LogP contribution in [0.25, 0.3) is 0 Å². The molecular weight excluding hydrogens is 250 g/mol. The molecule has 1 fully saturated rings. The van der Waals surface area contributed by atoms with Crippen molar-refractivity contribution in [3.63, 3.8) is 0 Å². The Balaban J connectivity index is 1.84. The summed E-state index contributed by atoms with van der Waals surface area (Å²) >= 11 is 3.87. The lowest BCUT2D eigenvalue weighted by Gasteiger charge is -2.16. The first-order chi connectivity index (χ1) is 8.33. The van der Waals surface area contributed by atoms with Crippen molar-refractivity contribution in [2.75, 3.05) is 29.5 Å². The molecule has 1 aliphatic heterocycles. The molecule has 0 amide bonds. The third-order valence-corrected chi connectivity index (χ3v) is 5.29. The van der Waals surface area contributed by atoms with E-state index in [4.69, 9.17) is 0 Å². The average molecular weight is 271 g/mol. The summed E-state index contributed by atoms with van der Waals surface area (Å²) in [6, 6.07) is 0.707. The molecule has 1 aliphatic rings. The van der Waals surface area contributed by atoms with Gasteiger partial charge in [-0.25, -0.2) is 4.98 Å². The minimum absolute atomic E-state index is 0.707. The molecule has 1 atom stereocenters. The Kier molecular flexibility index (Phi) is 5.13. The molecule has 0 radical (unpaired) electrons. The number of thioether (sulfide) groups is 1. The van der Waals surface area contributed by atoms with Gasteiger partial charge in [-0.1, -0.05) is 0 Å². The summed E-state index contributed by atoms with van der Waals surface area (Å²) in [5.41, 5.74) is 0. The molecule has 0 spiro atoms. The summed E-state index contributed by atoms with van der Waals surface area (Å²) in [6.07, 6.45) is 3.33. The maximum atomic E-state index is 4.50. The Morgan fingerprint density at radius 3 is 2.94 bits per heavy atom. The van der Waals surface area contributed by atoms with E-state index in [9.17, 15) is 0 Å². The van der Waals surface area contributed by atoms with Crippen LogP contribution in [0.15, 0.2) is 6.20 Å². The Morgan fingerprint density at radius 1 is 1.47 bits per heavy atom. The summed E-state index contributed by atoms with van der Waals surface area (Å²) in [5, 5.41) is 4.78. The van der Waals surface area contributed by atoms with Gasteiger partial charge in [-0.3, -0.25) is 0 Å². The lowest BCUT2D eigenvalue weighted by molar-refractivity contribution is 0.561. The van der Waals surface area contributed by atoms with Crippen LogP contribution >= 0.6 is 23.1 Å². The molecule has 1 unspecified atom stereocenters. The molecule has 0 bridgehead atoms. The lowest BCUT2D eigenvalue weighted by atomic mass is 10.2. The molecule has 0 saturated carbocycles. The van der Waals surface area contributed by atoms with E-state index in [1.165, 1.54) is 22.8 Å². The van der Waals surface area contributed by atoms with Crippen LogP contribution in [-0.2, 0) is 6.54 Å². The Morgan fingerprint density at radius 2 is 2.29 bits per heavy atom. The Hall–Kier alpha value is -0.260. The zero-order valence-corrected chi connectivity index (χ0v) is 12.2. The number of hydrogen-bond acceptors (Lipinski definition) is 5. The van der Waals surface area contributed by atoms with Gasteiger partial charge in [-0.05, 0) is 26.0 Å². The topological polar surface area (TPSA) is 28.2 Å². The minimum Gasteiger partial charge on any atom is -0.349 e. The Labute approximate surface area is 112 Å². The summed E-state index contributed by atoms with van der Waals surface area (Å²) < 4.78 is 0. The fourth-order valence-corrected chi connectivity index (χ4v) is 4.13. The summed E-state index contributed by atoms with van der Waals surface area (Å²) in [5.74, 6) is 2.58. The fourth-order valence-electron chi connectivity index (χ4n) is 1.96. The zero-order valence-electron chi connectivity index (χ0n) is 10.6. The van der Waals surface area contributed by atoms with Crippen molar-refractivity contribution in [2.24, 2.45) is 0 Å². The molecule has 5 heteroatoms. The molecule has 1 N–H and O–H groups in total. The molecule has 3 nitrogen and oxygen atoms in total. The molecule has 2 heterocycles. The van der Waals surface area contributed by atoms with Crippen molar-refractivity contribution in [2.45, 2.75) is 32.9 Å². The highest BCUT2D eigenvalue weighted by molar-refractivity contribution is 7.99. The molecule has 1 aromatic rings. The van der Waals surface area contributed by atoms with Crippen LogP contribution in [-0.4, -0.2) is 35.6 Å². The number of nitrogens with zero attached hydrogens (tertiary/aromatic N) is 2. The van der Waals surface area contributed by atoms with E-state index >= 15 is 0 Å². The van der Waals surface area contributed by atoms with Crippen LogP contribution in [0.3, 0.4) is 0 Å². The van der Waals surface area contributed by atoms with Gasteiger partial charge < -0.3 is 10.2 Å². The van der Waals surface area contributed by atoms with Crippen LogP contribution < -0.4 is 10.2 Å². The van der Waals surface area contributed by atoms with Gasteiger partial charge in [0.15, 0.2) is 5.13 Å². The number of rotatable bonds is 6. The monoisotopic (exact) mass is 271 g/mol. The molecular formula is C12H21N3S2. The maximum Gasteiger partial charge on any atom is 0.185 e. The number of nitrogens with one attached hydrogen (secondary N) is 1. The van der Waals surface area contributed by atoms with Gasteiger partial charge in [-0.2, -0.15) is 11.8 Å². The van der Waals surface area contributed by atoms with Crippen molar-refractivity contribution in [1.82, 2.24) is 10.3 Å². The van der Waals surface area contributed by atoms with Gasteiger partial charge in [-0.15, -0.1) is 11.3 Å². The number of aromatic nitrogens is 1. The van der Waals surface area contributed by atoms with Crippen molar-refractivity contribution in [3.8, 4) is 0 Å². The van der Waals surface area contributed by atoms with Crippen molar-refractivity contribution in [1.29, 1.82) is 0 Å². The smallest absolute Gasteiger partial charge is 0.185 e. The van der Waals surface area contributed by atoms with Gasteiger partial charge in [0.2, 0.25) is 0 Å². The Bertz CT molecular complexity index is 330. The molecule has 0 aliphatic carbocycles. The number of hydrogen-bond donors (Lipinski definition) is 1. The van der Waals surface area contributed by atoms with Crippen molar-refractivity contribution in [3.05, 3.63) is 11.1 Å². The predicted molar refractivity (Wildman–Crippen MR) is 78.2 cm³/mol. The first kappa shape index (κ1) is 13.2. The van der Waals surface area contributed by atoms with Crippen LogP contribution in [0, 0.1) is 0 Å². The SMILES string of the molecule is CCN(CC)c1ncc(CNC2CCSC2)s1. The largest absolute Gasteiger partial charge is 0.349 e. The summed E-state index contributed by atoms with van der Waals surface area (Å²) in [4.78, 5) is 8.16. The minimum atomic E-state index is 0.707. The van der Waals surface area contributed by atoms with Crippen LogP contribution in [0.1, 0.15) is 25.1 Å². The van der Waals surface area contributed by atoms with E-state index in [1.807, 2.05) is 17.5 Å². The molecule has 2 rings (SSSR count). The van der Waals surface area contributed by atoms with E-state index in [0.29, 0.717) is 6.04 Å². The van der Waals surface area contributed by atoms with Gasteiger partial charge in [0.25, 0.3) is 0 Å². The van der Waals surface area contributed by atoms with Crippen molar-refractivity contribution >= 4 is 28.2 Å². The van der Waals surface area contributed by atoms with Gasteiger partial charge >= 0.3 is 0 Å². The molecule has 0 aromatic carbocycles. The highest BCUT2D eigenvalue weighted by Crippen LogP contribution is 2.23. The van der Waals surface area contributed by atoms with Gasteiger partial charge in [0.05, 0.1) is 0 Å². The summed E-state index contributed by atoms with van der Waals surface area (Å²) in [7, 11) is 0. The van der Waals surface area contributed by atoms with Gasteiger partial charge in [0, 0.05) is 42.5 Å². The van der Waals surface area contributed by atoms with E-state index < -0.39 is 0 Å². The molecule has 1 saturated heterocycles. The second-order valence-corrected chi connectivity index (χ2v) is 6.47. The lowest BCUT2D eigenvalue weighted by Crippen LogP contribution is -2.27. The highest BCUT2D eigenvalue weighted by atomic mass is 32.2. The van der Waals surface area contributed by atoms with E-state index in [-0.39, 0.29) is 0 Å².